The molecular weight excluding hydrogens is 345 g/mol. The number of rotatable bonds is 7. The second kappa shape index (κ2) is 10.9. The van der Waals surface area contributed by atoms with Crippen molar-refractivity contribution in [1.82, 2.24) is 15.5 Å². The van der Waals surface area contributed by atoms with Gasteiger partial charge in [-0.1, -0.05) is 19.9 Å². The zero-order chi connectivity index (χ0) is 19.6. The molecule has 0 bridgehead atoms. The normalized spacial score (nSPS) is 18.4. The number of nitriles is 1. The van der Waals surface area contributed by atoms with Crippen LogP contribution >= 0.6 is 0 Å². The lowest BCUT2D eigenvalue weighted by atomic mass is 10.1. The molecule has 0 saturated carbocycles. The maximum absolute atomic E-state index is 14.0. The third-order valence-electron chi connectivity index (χ3n) is 4.28. The molecule has 1 unspecified atom stereocenters. The fraction of sp³-hybridized carbons (Fsp3) is 0.600. The molecule has 1 aliphatic heterocycles. The molecule has 27 heavy (non-hydrogen) atoms. The molecule has 0 aromatic heterocycles. The summed E-state index contributed by atoms with van der Waals surface area (Å²) in [5.74, 6) is 0.859. The quantitative estimate of drug-likeness (QED) is 0.564. The lowest BCUT2D eigenvalue weighted by Crippen LogP contribution is -2.50. The highest BCUT2D eigenvalue weighted by atomic mass is 19.1. The Hall–Kier alpha value is -2.17. The van der Waals surface area contributed by atoms with Gasteiger partial charge in [-0.15, -0.1) is 0 Å². The molecule has 0 radical (unpaired) electrons. The van der Waals surface area contributed by atoms with Crippen LogP contribution in [0, 0.1) is 23.1 Å². The first-order chi connectivity index (χ1) is 13.0. The zero-order valence-corrected chi connectivity index (χ0v) is 16.5. The van der Waals surface area contributed by atoms with E-state index in [0.29, 0.717) is 36.1 Å². The van der Waals surface area contributed by atoms with Gasteiger partial charge >= 0.3 is 0 Å². The van der Waals surface area contributed by atoms with Crippen LogP contribution in [0.3, 0.4) is 0 Å². The van der Waals surface area contributed by atoms with Crippen LogP contribution in [0.4, 0.5) is 4.39 Å². The van der Waals surface area contributed by atoms with Gasteiger partial charge in [0.2, 0.25) is 0 Å². The summed E-state index contributed by atoms with van der Waals surface area (Å²) in [6, 6.07) is 6.38. The van der Waals surface area contributed by atoms with Gasteiger partial charge in [0.15, 0.2) is 5.96 Å². The van der Waals surface area contributed by atoms with Crippen molar-refractivity contribution in [3.63, 3.8) is 0 Å². The van der Waals surface area contributed by atoms with Gasteiger partial charge in [0.1, 0.15) is 5.82 Å². The molecule has 1 atom stereocenters. The van der Waals surface area contributed by atoms with E-state index in [4.69, 9.17) is 10.00 Å². The minimum absolute atomic E-state index is 0.105. The van der Waals surface area contributed by atoms with Gasteiger partial charge in [0.05, 0.1) is 30.9 Å². The van der Waals surface area contributed by atoms with E-state index in [0.717, 1.165) is 26.2 Å². The molecule has 2 rings (SSSR count). The summed E-state index contributed by atoms with van der Waals surface area (Å²) < 4.78 is 19.9. The van der Waals surface area contributed by atoms with Crippen molar-refractivity contribution >= 4 is 5.96 Å². The first kappa shape index (κ1) is 21.1. The summed E-state index contributed by atoms with van der Waals surface area (Å²) in [6.07, 6.45) is 0.105. The number of morpholine rings is 1. The smallest absolute Gasteiger partial charge is 0.191 e. The number of ether oxygens (including phenoxy) is 1. The van der Waals surface area contributed by atoms with Gasteiger partial charge in [-0.05, 0) is 25.0 Å². The van der Waals surface area contributed by atoms with Gasteiger partial charge in [-0.25, -0.2) is 9.38 Å². The molecule has 1 aromatic rings. The number of hydrogen-bond acceptors (Lipinski definition) is 4. The number of aliphatic imine (C=N–C) groups is 1. The fourth-order valence-corrected chi connectivity index (χ4v) is 3.05. The van der Waals surface area contributed by atoms with E-state index >= 15 is 0 Å². The highest BCUT2D eigenvalue weighted by Gasteiger charge is 2.21. The predicted octanol–water partition coefficient (Wildman–Crippen LogP) is 2.11. The maximum Gasteiger partial charge on any atom is 0.191 e. The van der Waals surface area contributed by atoms with E-state index in [1.165, 1.54) is 6.07 Å². The van der Waals surface area contributed by atoms with Crippen LogP contribution in [-0.2, 0) is 11.3 Å². The molecular formula is C20H30FN5O. The molecule has 1 fully saturated rings. The third kappa shape index (κ3) is 7.16. The molecule has 0 amide bonds. The van der Waals surface area contributed by atoms with Crippen molar-refractivity contribution in [2.24, 2.45) is 10.9 Å². The van der Waals surface area contributed by atoms with E-state index in [1.54, 1.807) is 12.1 Å². The van der Waals surface area contributed by atoms with Gasteiger partial charge in [-0.2, -0.15) is 5.26 Å². The molecule has 6 nitrogen and oxygen atoms in total. The lowest BCUT2D eigenvalue weighted by molar-refractivity contribution is -0.0284. The Kier molecular flexibility index (Phi) is 8.49. The number of hydrogen-bond donors (Lipinski definition) is 2. The van der Waals surface area contributed by atoms with Crippen molar-refractivity contribution in [1.29, 1.82) is 5.26 Å². The topological polar surface area (TPSA) is 72.7 Å². The zero-order valence-electron chi connectivity index (χ0n) is 16.5. The summed E-state index contributed by atoms with van der Waals surface area (Å²) in [7, 11) is 0. The molecule has 1 heterocycles. The Labute approximate surface area is 161 Å². The predicted molar refractivity (Wildman–Crippen MR) is 105 cm³/mol. The molecule has 7 heteroatoms. The second-order valence-corrected chi connectivity index (χ2v) is 7.14. The Morgan fingerprint density at radius 3 is 2.93 bits per heavy atom. The Bertz CT molecular complexity index is 671. The molecule has 1 saturated heterocycles. The highest BCUT2D eigenvalue weighted by Crippen LogP contribution is 2.11. The average Bonchev–Trinajstić information content (AvgIpc) is 2.64. The summed E-state index contributed by atoms with van der Waals surface area (Å²) in [6.45, 7) is 11.7. The standard InChI is InChI=1S/C20H30FN5O/c1-4-23-20(24-11-17-6-5-16(10-22)9-19(17)21)25-12-18-14-26(7-8-27-18)13-15(2)3/h5-6,9,15,18H,4,7-8,11-14H2,1-3H3,(H2,23,24,25). The van der Waals surface area contributed by atoms with Gasteiger partial charge in [0, 0.05) is 38.3 Å². The summed E-state index contributed by atoms with van der Waals surface area (Å²) in [5.41, 5.74) is 0.772. The molecule has 148 valence electrons. The molecule has 0 aliphatic carbocycles. The van der Waals surface area contributed by atoms with E-state index in [-0.39, 0.29) is 12.6 Å². The van der Waals surface area contributed by atoms with Crippen molar-refractivity contribution < 1.29 is 9.13 Å². The molecule has 1 aliphatic rings. The van der Waals surface area contributed by atoms with Gasteiger partial charge in [-0.3, -0.25) is 4.90 Å². The number of guanidine groups is 1. The summed E-state index contributed by atoms with van der Waals surface area (Å²) in [4.78, 5) is 6.88. The third-order valence-corrected chi connectivity index (χ3v) is 4.28. The number of benzene rings is 1. The van der Waals surface area contributed by atoms with Crippen LogP contribution < -0.4 is 10.6 Å². The molecule has 1 aromatic carbocycles. The molecule has 0 spiro atoms. The van der Waals surface area contributed by atoms with Crippen LogP contribution in [0.1, 0.15) is 31.9 Å². The van der Waals surface area contributed by atoms with E-state index in [9.17, 15) is 4.39 Å². The number of halogens is 1. The van der Waals surface area contributed by atoms with E-state index in [1.807, 2.05) is 13.0 Å². The van der Waals surface area contributed by atoms with E-state index in [2.05, 4.69) is 34.4 Å². The minimum atomic E-state index is -0.409. The number of nitrogens with zero attached hydrogens (tertiary/aromatic N) is 3. The average molecular weight is 375 g/mol. The monoisotopic (exact) mass is 375 g/mol. The Morgan fingerprint density at radius 2 is 2.26 bits per heavy atom. The highest BCUT2D eigenvalue weighted by molar-refractivity contribution is 5.79. The maximum atomic E-state index is 14.0. The van der Waals surface area contributed by atoms with Gasteiger partial charge in [0.25, 0.3) is 0 Å². The largest absolute Gasteiger partial charge is 0.374 e. The van der Waals surface area contributed by atoms with Crippen molar-refractivity contribution in [3.8, 4) is 6.07 Å². The summed E-state index contributed by atoms with van der Waals surface area (Å²) in [5, 5.41) is 15.3. The number of nitrogens with one attached hydrogen (secondary N) is 2. The second-order valence-electron chi connectivity index (χ2n) is 7.14. The first-order valence-corrected chi connectivity index (χ1v) is 9.56. The lowest BCUT2D eigenvalue weighted by Gasteiger charge is -2.34. The first-order valence-electron chi connectivity index (χ1n) is 9.56. The minimum Gasteiger partial charge on any atom is -0.374 e. The van der Waals surface area contributed by atoms with Gasteiger partial charge < -0.3 is 15.4 Å². The van der Waals surface area contributed by atoms with Crippen LogP contribution in [0.15, 0.2) is 23.2 Å². The fourth-order valence-electron chi connectivity index (χ4n) is 3.05. The van der Waals surface area contributed by atoms with Crippen LogP contribution in [-0.4, -0.2) is 56.3 Å². The Balaban J connectivity index is 1.91. The SMILES string of the molecule is CCNC(=NCc1ccc(C#N)cc1F)NCC1CN(CC(C)C)CCO1. The van der Waals surface area contributed by atoms with Crippen molar-refractivity contribution in [2.45, 2.75) is 33.4 Å². The van der Waals surface area contributed by atoms with Crippen molar-refractivity contribution in [2.75, 3.05) is 39.3 Å². The van der Waals surface area contributed by atoms with E-state index < -0.39 is 5.82 Å². The van der Waals surface area contributed by atoms with Crippen LogP contribution in [0.25, 0.3) is 0 Å². The molecule has 2 N–H and O–H groups in total. The Morgan fingerprint density at radius 1 is 1.44 bits per heavy atom. The van der Waals surface area contributed by atoms with Crippen LogP contribution in [0.2, 0.25) is 0 Å². The summed E-state index contributed by atoms with van der Waals surface area (Å²) >= 11 is 0. The van der Waals surface area contributed by atoms with Crippen molar-refractivity contribution in [3.05, 3.63) is 35.1 Å². The van der Waals surface area contributed by atoms with Crippen LogP contribution in [0.5, 0.6) is 0 Å².